The molecule has 1 aliphatic rings. The predicted octanol–water partition coefficient (Wildman–Crippen LogP) is 3.65. The maximum atomic E-state index is 14.5. The number of carbonyl (C=O) groups excluding carboxylic acids is 1. The molecular weight excluding hydrogens is 538 g/mol. The van der Waals surface area contributed by atoms with Gasteiger partial charge in [0.2, 0.25) is 0 Å². The lowest BCUT2D eigenvalue weighted by atomic mass is 9.92. The summed E-state index contributed by atoms with van der Waals surface area (Å²) in [6.45, 7) is 5.21. The zero-order valence-electron chi connectivity index (χ0n) is 17.7. The first-order valence-corrected chi connectivity index (χ1v) is 11.2. The van der Waals surface area contributed by atoms with Crippen LogP contribution in [0.2, 0.25) is 0 Å². The summed E-state index contributed by atoms with van der Waals surface area (Å²) in [5.41, 5.74) is -1.81. The standard InChI is InChI=1S/C22H25F3IN3O3/c1-13(2)32-8-7-27-10-22(31)11-29(12-22)21(30)15-4-5-16(23)19(25)20(15)28-18-6-3-14(26)9-17(18)24/h3-6,9,13,27-28,31H,7-8,10-12H2,1-2H3. The minimum absolute atomic E-state index is 0.0280. The second kappa shape index (κ2) is 10.4. The Bertz CT molecular complexity index is 984. The van der Waals surface area contributed by atoms with Gasteiger partial charge in [-0.25, -0.2) is 13.2 Å². The van der Waals surface area contributed by atoms with Gasteiger partial charge in [-0.2, -0.15) is 0 Å². The molecule has 1 saturated heterocycles. The van der Waals surface area contributed by atoms with Gasteiger partial charge < -0.3 is 25.4 Å². The Morgan fingerprint density at radius 2 is 1.94 bits per heavy atom. The molecule has 0 unspecified atom stereocenters. The van der Waals surface area contributed by atoms with E-state index in [2.05, 4.69) is 10.6 Å². The van der Waals surface area contributed by atoms with Crippen molar-refractivity contribution in [3.63, 3.8) is 0 Å². The molecule has 2 aromatic rings. The molecule has 3 N–H and O–H groups in total. The molecule has 0 aliphatic carbocycles. The molecule has 32 heavy (non-hydrogen) atoms. The van der Waals surface area contributed by atoms with E-state index in [0.717, 1.165) is 12.1 Å². The second-order valence-corrected chi connectivity index (χ2v) is 9.26. The first-order valence-electron chi connectivity index (χ1n) is 10.1. The minimum Gasteiger partial charge on any atom is -0.385 e. The average Bonchev–Trinajstić information content (AvgIpc) is 2.70. The van der Waals surface area contributed by atoms with Gasteiger partial charge >= 0.3 is 0 Å². The lowest BCUT2D eigenvalue weighted by Crippen LogP contribution is -2.67. The molecule has 0 aromatic heterocycles. The van der Waals surface area contributed by atoms with Gasteiger partial charge in [0.05, 0.1) is 42.7 Å². The van der Waals surface area contributed by atoms with E-state index in [9.17, 15) is 23.1 Å². The van der Waals surface area contributed by atoms with Crippen molar-refractivity contribution in [1.29, 1.82) is 0 Å². The molecule has 3 rings (SSSR count). The van der Waals surface area contributed by atoms with Crippen molar-refractivity contribution >= 4 is 39.9 Å². The molecule has 0 bridgehead atoms. The van der Waals surface area contributed by atoms with Gasteiger partial charge in [0.25, 0.3) is 5.91 Å². The first-order chi connectivity index (χ1) is 15.1. The van der Waals surface area contributed by atoms with Gasteiger partial charge in [-0.05, 0) is 66.8 Å². The van der Waals surface area contributed by atoms with E-state index in [0.29, 0.717) is 16.7 Å². The summed E-state index contributed by atoms with van der Waals surface area (Å²) in [4.78, 5) is 14.3. The average molecular weight is 563 g/mol. The van der Waals surface area contributed by atoms with Crippen LogP contribution >= 0.6 is 22.6 Å². The van der Waals surface area contributed by atoms with Crippen molar-refractivity contribution in [3.05, 3.63) is 56.9 Å². The van der Waals surface area contributed by atoms with Crippen molar-refractivity contribution in [1.82, 2.24) is 10.2 Å². The molecule has 0 spiro atoms. The van der Waals surface area contributed by atoms with Crippen LogP contribution in [0.15, 0.2) is 30.3 Å². The number of β-amino-alcohol motifs (C(OH)–C–C–N with tert-alkyl or cyclic N) is 1. The smallest absolute Gasteiger partial charge is 0.256 e. The number of amides is 1. The molecule has 1 heterocycles. The molecule has 0 saturated carbocycles. The Balaban J connectivity index is 1.68. The van der Waals surface area contributed by atoms with E-state index in [-0.39, 0.29) is 37.0 Å². The molecule has 0 atom stereocenters. The Hall–Kier alpha value is -1.89. The van der Waals surface area contributed by atoms with Gasteiger partial charge in [0.15, 0.2) is 11.6 Å². The maximum absolute atomic E-state index is 14.5. The summed E-state index contributed by atoms with van der Waals surface area (Å²) in [6.07, 6.45) is 0.114. The number of hydrogen-bond donors (Lipinski definition) is 3. The van der Waals surface area contributed by atoms with Gasteiger partial charge in [0, 0.05) is 16.7 Å². The summed E-state index contributed by atoms with van der Waals surface area (Å²) in [5, 5.41) is 16.1. The number of likely N-dealkylation sites (tertiary alicyclic amines) is 1. The van der Waals surface area contributed by atoms with Crippen LogP contribution in [0.4, 0.5) is 24.5 Å². The predicted molar refractivity (Wildman–Crippen MR) is 124 cm³/mol. The number of carbonyl (C=O) groups is 1. The highest BCUT2D eigenvalue weighted by Crippen LogP contribution is 2.31. The zero-order chi connectivity index (χ0) is 23.5. The Morgan fingerprint density at radius 1 is 1.22 bits per heavy atom. The van der Waals surface area contributed by atoms with Crippen LogP contribution in [0.5, 0.6) is 0 Å². The number of benzene rings is 2. The van der Waals surface area contributed by atoms with Crippen LogP contribution < -0.4 is 10.6 Å². The van der Waals surface area contributed by atoms with E-state index in [1.54, 1.807) is 6.07 Å². The Labute approximate surface area is 198 Å². The van der Waals surface area contributed by atoms with Crippen molar-refractivity contribution in [2.75, 3.05) is 38.1 Å². The fraction of sp³-hybridized carbons (Fsp3) is 0.409. The highest BCUT2D eigenvalue weighted by molar-refractivity contribution is 14.1. The number of hydrogen-bond acceptors (Lipinski definition) is 5. The molecule has 1 amide bonds. The lowest BCUT2D eigenvalue weighted by Gasteiger charge is -2.46. The summed E-state index contributed by atoms with van der Waals surface area (Å²) in [6, 6.07) is 6.20. The van der Waals surface area contributed by atoms with Gasteiger partial charge in [-0.1, -0.05) is 0 Å². The van der Waals surface area contributed by atoms with Crippen LogP contribution in [-0.2, 0) is 4.74 Å². The number of nitrogens with one attached hydrogen (secondary N) is 2. The van der Waals surface area contributed by atoms with Gasteiger partial charge in [-0.15, -0.1) is 0 Å². The number of nitrogens with zero attached hydrogens (tertiary/aromatic N) is 1. The fourth-order valence-corrected chi connectivity index (χ4v) is 3.81. The summed E-state index contributed by atoms with van der Waals surface area (Å²) in [5.74, 6) is -3.70. The van der Waals surface area contributed by atoms with Crippen LogP contribution in [0, 0.1) is 21.0 Å². The summed E-state index contributed by atoms with van der Waals surface area (Å²) in [7, 11) is 0. The lowest BCUT2D eigenvalue weighted by molar-refractivity contribution is -0.0791. The van der Waals surface area contributed by atoms with Crippen molar-refractivity contribution < 1.29 is 27.8 Å². The molecule has 1 fully saturated rings. The second-order valence-electron chi connectivity index (χ2n) is 8.01. The highest BCUT2D eigenvalue weighted by Gasteiger charge is 2.44. The fourth-order valence-electron chi connectivity index (χ4n) is 3.35. The Morgan fingerprint density at radius 3 is 2.59 bits per heavy atom. The van der Waals surface area contributed by atoms with E-state index >= 15 is 0 Å². The van der Waals surface area contributed by atoms with E-state index < -0.39 is 34.6 Å². The normalized spacial score (nSPS) is 15.1. The zero-order valence-corrected chi connectivity index (χ0v) is 19.9. The molecular formula is C22H25F3IN3O3. The number of halogens is 4. The van der Waals surface area contributed by atoms with E-state index in [1.807, 2.05) is 36.4 Å². The van der Waals surface area contributed by atoms with Gasteiger partial charge in [0.1, 0.15) is 11.4 Å². The third-order valence-corrected chi connectivity index (χ3v) is 5.63. The first kappa shape index (κ1) is 24.7. The van der Waals surface area contributed by atoms with Gasteiger partial charge in [-0.3, -0.25) is 4.79 Å². The molecule has 1 aliphatic heterocycles. The van der Waals surface area contributed by atoms with Crippen LogP contribution in [0.1, 0.15) is 24.2 Å². The topological polar surface area (TPSA) is 73.8 Å². The van der Waals surface area contributed by atoms with Crippen molar-refractivity contribution in [3.8, 4) is 0 Å². The number of ether oxygens (including phenoxy) is 1. The molecule has 174 valence electrons. The third-order valence-electron chi connectivity index (χ3n) is 4.96. The molecule has 10 heteroatoms. The van der Waals surface area contributed by atoms with Crippen LogP contribution in [0.25, 0.3) is 0 Å². The molecule has 0 radical (unpaired) electrons. The summed E-state index contributed by atoms with van der Waals surface area (Å²) >= 11 is 1.93. The quantitative estimate of drug-likeness (QED) is 0.321. The van der Waals surface area contributed by atoms with Crippen molar-refractivity contribution in [2.24, 2.45) is 0 Å². The number of anilines is 2. The number of aliphatic hydroxyl groups is 1. The third kappa shape index (κ3) is 5.91. The largest absolute Gasteiger partial charge is 0.385 e. The Kier molecular flexibility index (Phi) is 8.01. The maximum Gasteiger partial charge on any atom is 0.256 e. The molecule has 6 nitrogen and oxygen atoms in total. The number of rotatable bonds is 9. The van der Waals surface area contributed by atoms with Crippen LogP contribution in [-0.4, -0.2) is 60.4 Å². The minimum atomic E-state index is -1.28. The van der Waals surface area contributed by atoms with Crippen LogP contribution in [0.3, 0.4) is 0 Å². The van der Waals surface area contributed by atoms with E-state index in [4.69, 9.17) is 4.74 Å². The molecule has 2 aromatic carbocycles. The summed E-state index contributed by atoms with van der Waals surface area (Å²) < 4.78 is 48.7. The SMILES string of the molecule is CC(C)OCCNCC1(O)CN(C(=O)c2ccc(F)c(F)c2Nc2ccc(I)cc2F)C1. The highest BCUT2D eigenvalue weighted by atomic mass is 127. The van der Waals surface area contributed by atoms with Crippen molar-refractivity contribution in [2.45, 2.75) is 25.6 Å². The monoisotopic (exact) mass is 563 g/mol. The van der Waals surface area contributed by atoms with E-state index in [1.165, 1.54) is 17.0 Å².